The van der Waals surface area contributed by atoms with E-state index in [2.05, 4.69) is 13.0 Å². The van der Waals surface area contributed by atoms with Crippen LogP contribution in [0.2, 0.25) is 0 Å². The van der Waals surface area contributed by atoms with Crippen molar-refractivity contribution in [2.75, 3.05) is 0 Å². The molecule has 0 fully saturated rings. The summed E-state index contributed by atoms with van der Waals surface area (Å²) >= 11 is 0. The highest BCUT2D eigenvalue weighted by Crippen LogP contribution is 2.23. The molecule has 1 heterocycles. The fourth-order valence-electron chi connectivity index (χ4n) is 1.83. The largest absolute Gasteiger partial charge is 0.459 e. The van der Waals surface area contributed by atoms with E-state index in [4.69, 9.17) is 4.74 Å². The van der Waals surface area contributed by atoms with Crippen molar-refractivity contribution in [1.82, 2.24) is 0 Å². The Kier molecular flexibility index (Phi) is 2.06. The van der Waals surface area contributed by atoms with Gasteiger partial charge in [0.15, 0.2) is 0 Å². The number of cyclic esters (lactones) is 1. The monoisotopic (exact) mass is 190 g/mol. The van der Waals surface area contributed by atoms with Gasteiger partial charge in [-0.1, -0.05) is 6.07 Å². The molecule has 1 aromatic rings. The van der Waals surface area contributed by atoms with E-state index < -0.39 is 0 Å². The number of hydrogen-bond donors (Lipinski definition) is 0. The van der Waals surface area contributed by atoms with E-state index in [0.717, 1.165) is 23.1 Å². The molecule has 1 aromatic carbocycles. The third kappa shape index (κ3) is 1.41. The lowest BCUT2D eigenvalue weighted by atomic mass is 9.94. The smallest absolute Gasteiger partial charge is 0.338 e. The molecule has 0 saturated heterocycles. The molecule has 0 spiro atoms. The summed E-state index contributed by atoms with van der Waals surface area (Å²) in [5, 5.41) is 0. The molecular formula is C12H14O2. The number of carbonyl (C=O) groups excluding carboxylic acids is 1. The van der Waals surface area contributed by atoms with Crippen molar-refractivity contribution in [3.05, 3.63) is 34.4 Å². The molecule has 0 N–H and O–H groups in total. The summed E-state index contributed by atoms with van der Waals surface area (Å²) in [5.41, 5.74) is 4.25. The fourth-order valence-corrected chi connectivity index (χ4v) is 1.83. The summed E-state index contributed by atoms with van der Waals surface area (Å²) in [6, 6.07) is 4.03. The fraction of sp³-hybridized carbons (Fsp3) is 0.417. The normalized spacial score (nSPS) is 20.2. The minimum atomic E-state index is -0.179. The van der Waals surface area contributed by atoms with Gasteiger partial charge in [0.1, 0.15) is 6.10 Å². The average Bonchev–Trinajstić information content (AvgIpc) is 2.08. The average molecular weight is 190 g/mol. The number of benzene rings is 1. The van der Waals surface area contributed by atoms with E-state index in [0.29, 0.717) is 0 Å². The van der Waals surface area contributed by atoms with E-state index >= 15 is 0 Å². The van der Waals surface area contributed by atoms with Gasteiger partial charge >= 0.3 is 5.97 Å². The molecule has 0 amide bonds. The van der Waals surface area contributed by atoms with Crippen molar-refractivity contribution in [3.63, 3.8) is 0 Å². The molecule has 0 saturated carbocycles. The Balaban J connectivity index is 2.55. The van der Waals surface area contributed by atoms with Gasteiger partial charge in [0.25, 0.3) is 0 Å². The van der Waals surface area contributed by atoms with Crippen molar-refractivity contribution < 1.29 is 9.53 Å². The number of fused-ring (bicyclic) bond motifs is 1. The van der Waals surface area contributed by atoms with Crippen LogP contribution in [0.4, 0.5) is 0 Å². The van der Waals surface area contributed by atoms with Gasteiger partial charge in [0, 0.05) is 6.42 Å². The molecular weight excluding hydrogens is 176 g/mol. The van der Waals surface area contributed by atoms with Crippen LogP contribution in [0.5, 0.6) is 0 Å². The van der Waals surface area contributed by atoms with Crippen molar-refractivity contribution in [2.24, 2.45) is 0 Å². The second kappa shape index (κ2) is 3.12. The number of rotatable bonds is 0. The predicted molar refractivity (Wildman–Crippen MR) is 54.5 cm³/mol. The van der Waals surface area contributed by atoms with Crippen LogP contribution in [0, 0.1) is 13.8 Å². The number of ether oxygens (including phenoxy) is 1. The summed E-state index contributed by atoms with van der Waals surface area (Å²) in [7, 11) is 0. The topological polar surface area (TPSA) is 26.3 Å². The van der Waals surface area contributed by atoms with Crippen LogP contribution in [0.25, 0.3) is 0 Å². The van der Waals surface area contributed by atoms with Gasteiger partial charge in [0.2, 0.25) is 0 Å². The van der Waals surface area contributed by atoms with E-state index in [-0.39, 0.29) is 12.1 Å². The first kappa shape index (κ1) is 9.25. The first-order chi connectivity index (χ1) is 6.58. The quantitative estimate of drug-likeness (QED) is 0.587. The highest BCUT2D eigenvalue weighted by Gasteiger charge is 2.23. The lowest BCUT2D eigenvalue weighted by Crippen LogP contribution is -2.25. The van der Waals surface area contributed by atoms with Crippen molar-refractivity contribution in [3.8, 4) is 0 Å². The van der Waals surface area contributed by atoms with E-state index in [1.54, 1.807) is 0 Å². The summed E-state index contributed by atoms with van der Waals surface area (Å²) in [6.07, 6.45) is 0.847. The third-order valence-corrected chi connectivity index (χ3v) is 2.76. The highest BCUT2D eigenvalue weighted by molar-refractivity contribution is 5.92. The second-order valence-corrected chi connectivity index (χ2v) is 4.01. The number of esters is 1. The summed E-state index contributed by atoms with van der Waals surface area (Å²) in [6.45, 7) is 6.01. The molecule has 14 heavy (non-hydrogen) atoms. The van der Waals surface area contributed by atoms with Crippen molar-refractivity contribution >= 4 is 5.97 Å². The lowest BCUT2D eigenvalue weighted by Gasteiger charge is -2.22. The van der Waals surface area contributed by atoms with Gasteiger partial charge in [-0.15, -0.1) is 0 Å². The first-order valence-corrected chi connectivity index (χ1v) is 4.89. The number of hydrogen-bond acceptors (Lipinski definition) is 2. The Morgan fingerprint density at radius 1 is 1.29 bits per heavy atom. The molecule has 0 bridgehead atoms. The van der Waals surface area contributed by atoms with Gasteiger partial charge in [0.05, 0.1) is 5.56 Å². The maximum atomic E-state index is 11.5. The molecule has 1 aliphatic heterocycles. The standard InChI is InChI=1S/C12H14O2/c1-7-4-10-6-9(3)14-12(13)11(10)5-8(7)2/h4-5,9H,6H2,1-3H3/t9-/m0/s1. The molecule has 1 aliphatic rings. The Morgan fingerprint density at radius 3 is 2.64 bits per heavy atom. The molecule has 2 nitrogen and oxygen atoms in total. The molecule has 2 heteroatoms. The maximum absolute atomic E-state index is 11.5. The summed E-state index contributed by atoms with van der Waals surface area (Å²) in [5.74, 6) is -0.179. The zero-order valence-electron chi connectivity index (χ0n) is 8.76. The van der Waals surface area contributed by atoms with Gasteiger partial charge in [-0.05, 0) is 43.5 Å². The van der Waals surface area contributed by atoms with Crippen molar-refractivity contribution in [1.29, 1.82) is 0 Å². The van der Waals surface area contributed by atoms with Crippen LogP contribution in [0.15, 0.2) is 12.1 Å². The number of aryl methyl sites for hydroxylation is 2. The highest BCUT2D eigenvalue weighted by atomic mass is 16.5. The van der Waals surface area contributed by atoms with Crippen LogP contribution in [0.3, 0.4) is 0 Å². The van der Waals surface area contributed by atoms with Crippen LogP contribution in [0.1, 0.15) is 34.0 Å². The summed E-state index contributed by atoms with van der Waals surface area (Å²) in [4.78, 5) is 11.5. The Hall–Kier alpha value is -1.31. The molecule has 2 rings (SSSR count). The summed E-state index contributed by atoms with van der Waals surface area (Å²) < 4.78 is 5.17. The van der Waals surface area contributed by atoms with Gasteiger partial charge in [-0.25, -0.2) is 4.79 Å². The Bertz CT molecular complexity index is 394. The van der Waals surface area contributed by atoms with Gasteiger partial charge in [-0.3, -0.25) is 0 Å². The van der Waals surface area contributed by atoms with Gasteiger partial charge in [-0.2, -0.15) is 0 Å². The zero-order valence-corrected chi connectivity index (χ0v) is 8.76. The third-order valence-electron chi connectivity index (χ3n) is 2.76. The van der Waals surface area contributed by atoms with Crippen LogP contribution in [-0.2, 0) is 11.2 Å². The SMILES string of the molecule is Cc1cc2c(cc1C)C(=O)O[C@@H](C)C2. The van der Waals surface area contributed by atoms with Gasteiger partial charge < -0.3 is 4.74 Å². The Labute approximate surface area is 83.9 Å². The van der Waals surface area contributed by atoms with Crippen LogP contribution in [-0.4, -0.2) is 12.1 Å². The molecule has 0 radical (unpaired) electrons. The second-order valence-electron chi connectivity index (χ2n) is 4.01. The number of carbonyl (C=O) groups is 1. The predicted octanol–water partition coefficient (Wildman–Crippen LogP) is 2.40. The van der Waals surface area contributed by atoms with E-state index in [1.165, 1.54) is 5.56 Å². The molecule has 74 valence electrons. The van der Waals surface area contributed by atoms with E-state index in [1.807, 2.05) is 19.9 Å². The Morgan fingerprint density at radius 2 is 1.93 bits per heavy atom. The van der Waals surface area contributed by atoms with E-state index in [9.17, 15) is 4.79 Å². The zero-order chi connectivity index (χ0) is 10.3. The first-order valence-electron chi connectivity index (χ1n) is 4.89. The molecule has 0 aromatic heterocycles. The molecule has 0 aliphatic carbocycles. The van der Waals surface area contributed by atoms with Crippen LogP contribution < -0.4 is 0 Å². The maximum Gasteiger partial charge on any atom is 0.338 e. The van der Waals surface area contributed by atoms with Crippen molar-refractivity contribution in [2.45, 2.75) is 33.3 Å². The van der Waals surface area contributed by atoms with Crippen LogP contribution >= 0.6 is 0 Å². The minimum Gasteiger partial charge on any atom is -0.459 e. The molecule has 0 unspecified atom stereocenters. The minimum absolute atomic E-state index is 0.0112. The lowest BCUT2D eigenvalue weighted by molar-refractivity contribution is 0.0301. The molecule has 1 atom stereocenters.